The molecule has 1 aromatic carbocycles. The number of sulfone groups is 1. The zero-order valence-electron chi connectivity index (χ0n) is 13.6. The lowest BCUT2D eigenvalue weighted by atomic mass is 9.96. The normalized spacial score (nSPS) is 19.1. The first-order chi connectivity index (χ1) is 10.7. The van der Waals surface area contributed by atoms with Crippen LogP contribution >= 0.6 is 0 Å². The highest BCUT2D eigenvalue weighted by molar-refractivity contribution is 7.90. The number of hydrogen-bond donors (Lipinski definition) is 1. The largest absolute Gasteiger partial charge is 0.497 e. The summed E-state index contributed by atoms with van der Waals surface area (Å²) in [6.45, 7) is 3.73. The van der Waals surface area contributed by atoms with Crippen molar-refractivity contribution in [3.05, 3.63) is 29.8 Å². The first-order valence-electron chi connectivity index (χ1n) is 7.15. The molecule has 1 unspecified atom stereocenters. The van der Waals surface area contributed by atoms with Crippen LogP contribution in [0.25, 0.3) is 5.57 Å². The number of rotatable bonds is 4. The maximum atomic E-state index is 12.1. The molecule has 23 heavy (non-hydrogen) atoms. The third kappa shape index (κ3) is 3.98. The average Bonchev–Trinajstić information content (AvgIpc) is 2.48. The first kappa shape index (κ1) is 17.2. The first-order valence-corrected chi connectivity index (χ1v) is 9.04. The van der Waals surface area contributed by atoms with Crippen LogP contribution in [0.1, 0.15) is 25.8 Å². The summed E-state index contributed by atoms with van der Waals surface area (Å²) in [6, 6.07) is 4.94. The van der Waals surface area contributed by atoms with Crippen LogP contribution < -0.4 is 10.2 Å². The van der Waals surface area contributed by atoms with E-state index in [4.69, 9.17) is 4.74 Å². The van der Waals surface area contributed by atoms with Crippen LogP contribution in [0.2, 0.25) is 0 Å². The van der Waals surface area contributed by atoms with Gasteiger partial charge in [0, 0.05) is 18.6 Å². The molecule has 0 bridgehead atoms. The summed E-state index contributed by atoms with van der Waals surface area (Å²) in [7, 11) is -1.91. The smallest absolute Gasteiger partial charge is 0.240 e. The molecule has 0 saturated carbocycles. The Balaban J connectivity index is 2.49. The fourth-order valence-electron chi connectivity index (χ4n) is 2.40. The zero-order chi connectivity index (χ0) is 17.2. The Bertz CT molecular complexity index is 794. The van der Waals surface area contributed by atoms with Crippen LogP contribution in [-0.4, -0.2) is 33.4 Å². The minimum absolute atomic E-state index is 0.0152. The van der Waals surface area contributed by atoms with Crippen LogP contribution in [0, 0.1) is 5.92 Å². The number of allylic oxidation sites excluding steroid dienone is 2. The number of nitrogens with one attached hydrogen (secondary N) is 1. The van der Waals surface area contributed by atoms with E-state index in [0.29, 0.717) is 17.7 Å². The van der Waals surface area contributed by atoms with E-state index in [0.717, 1.165) is 11.3 Å². The standard InChI is InChI=1S/C16H20N2O4S/c1-10(7-14-11(2)8-16(19)18-17-14)13-6-5-12(22-3)9-15(13)23(4,20)21/h5-7,9,11H,8H2,1-4H3,(H,18,19). The molecule has 1 atom stereocenters. The summed E-state index contributed by atoms with van der Waals surface area (Å²) in [6.07, 6.45) is 3.34. The Labute approximate surface area is 136 Å². The van der Waals surface area contributed by atoms with Crippen molar-refractivity contribution in [2.24, 2.45) is 11.0 Å². The van der Waals surface area contributed by atoms with Gasteiger partial charge in [0.25, 0.3) is 0 Å². The molecule has 124 valence electrons. The Kier molecular flexibility index (Phi) is 4.89. The van der Waals surface area contributed by atoms with Crippen LogP contribution in [0.15, 0.2) is 34.3 Å². The maximum Gasteiger partial charge on any atom is 0.240 e. The van der Waals surface area contributed by atoms with Gasteiger partial charge in [0.1, 0.15) is 5.75 Å². The van der Waals surface area contributed by atoms with Crippen molar-refractivity contribution in [3.63, 3.8) is 0 Å². The summed E-state index contributed by atoms with van der Waals surface area (Å²) in [4.78, 5) is 11.5. The third-order valence-corrected chi connectivity index (χ3v) is 4.82. The molecule has 1 aliphatic heterocycles. The molecule has 6 nitrogen and oxygen atoms in total. The van der Waals surface area contributed by atoms with Crippen LogP contribution in [0.5, 0.6) is 5.75 Å². The van der Waals surface area contributed by atoms with Gasteiger partial charge in [-0.15, -0.1) is 0 Å². The zero-order valence-corrected chi connectivity index (χ0v) is 14.4. The summed E-state index contributed by atoms with van der Waals surface area (Å²) < 4.78 is 29.2. The number of nitrogens with zero attached hydrogens (tertiary/aromatic N) is 1. The van der Waals surface area contributed by atoms with Crippen LogP contribution in [0.3, 0.4) is 0 Å². The van der Waals surface area contributed by atoms with Crippen molar-refractivity contribution in [3.8, 4) is 5.75 Å². The van der Waals surface area contributed by atoms with Gasteiger partial charge in [0.15, 0.2) is 9.84 Å². The van der Waals surface area contributed by atoms with E-state index in [9.17, 15) is 13.2 Å². The monoisotopic (exact) mass is 336 g/mol. The topological polar surface area (TPSA) is 84.8 Å². The number of hydrazone groups is 1. The second kappa shape index (κ2) is 6.54. The van der Waals surface area contributed by atoms with Crippen molar-refractivity contribution in [1.29, 1.82) is 0 Å². The van der Waals surface area contributed by atoms with Gasteiger partial charge in [-0.2, -0.15) is 5.10 Å². The number of carbonyl (C=O) groups is 1. The van der Waals surface area contributed by atoms with E-state index in [-0.39, 0.29) is 16.7 Å². The minimum atomic E-state index is -3.40. The lowest BCUT2D eigenvalue weighted by Crippen LogP contribution is -2.30. The number of amides is 1. The van der Waals surface area contributed by atoms with E-state index in [1.54, 1.807) is 18.2 Å². The fraction of sp³-hybridized carbons (Fsp3) is 0.375. The summed E-state index contributed by atoms with van der Waals surface area (Å²) in [5, 5.41) is 4.05. The van der Waals surface area contributed by atoms with Crippen molar-refractivity contribution in [2.45, 2.75) is 25.2 Å². The summed E-state index contributed by atoms with van der Waals surface area (Å²) in [5.74, 6) is 0.352. The SMILES string of the molecule is COc1ccc(C(C)=CC2=NNC(=O)CC2C)c(S(C)(=O)=O)c1. The molecule has 0 aromatic heterocycles. The van der Waals surface area contributed by atoms with Gasteiger partial charge in [-0.25, -0.2) is 13.8 Å². The number of ether oxygens (including phenoxy) is 1. The molecule has 0 aliphatic carbocycles. The number of hydrogen-bond acceptors (Lipinski definition) is 5. The van der Waals surface area contributed by atoms with Gasteiger partial charge in [-0.3, -0.25) is 4.79 Å². The second-order valence-electron chi connectivity index (χ2n) is 5.64. The maximum absolute atomic E-state index is 12.1. The molecule has 2 rings (SSSR count). The van der Waals surface area contributed by atoms with Gasteiger partial charge in [0.05, 0.1) is 17.7 Å². The van der Waals surface area contributed by atoms with Gasteiger partial charge in [-0.1, -0.05) is 6.92 Å². The quantitative estimate of drug-likeness (QED) is 0.911. The van der Waals surface area contributed by atoms with Crippen LogP contribution in [0.4, 0.5) is 0 Å². The fourth-order valence-corrected chi connectivity index (χ4v) is 3.36. The highest BCUT2D eigenvalue weighted by Crippen LogP contribution is 2.28. The molecule has 0 spiro atoms. The summed E-state index contributed by atoms with van der Waals surface area (Å²) >= 11 is 0. The Hall–Kier alpha value is -2.15. The number of benzene rings is 1. The van der Waals surface area contributed by atoms with Crippen molar-refractivity contribution in [1.82, 2.24) is 5.43 Å². The van der Waals surface area contributed by atoms with Crippen molar-refractivity contribution < 1.29 is 17.9 Å². The highest BCUT2D eigenvalue weighted by Gasteiger charge is 2.20. The molecule has 1 amide bonds. The highest BCUT2D eigenvalue weighted by atomic mass is 32.2. The van der Waals surface area contributed by atoms with E-state index >= 15 is 0 Å². The molecule has 0 radical (unpaired) electrons. The van der Waals surface area contributed by atoms with Gasteiger partial charge >= 0.3 is 0 Å². The van der Waals surface area contributed by atoms with Crippen molar-refractivity contribution in [2.75, 3.05) is 13.4 Å². The average molecular weight is 336 g/mol. The van der Waals surface area contributed by atoms with E-state index in [1.165, 1.54) is 19.4 Å². The molecule has 1 N–H and O–H groups in total. The predicted octanol–water partition coefficient (Wildman–Crippen LogP) is 2.01. The summed E-state index contributed by atoms with van der Waals surface area (Å²) in [5.41, 5.74) is 4.52. The predicted molar refractivity (Wildman–Crippen MR) is 89.1 cm³/mol. The second-order valence-corrected chi connectivity index (χ2v) is 7.62. The van der Waals surface area contributed by atoms with Gasteiger partial charge < -0.3 is 4.74 Å². The van der Waals surface area contributed by atoms with Crippen molar-refractivity contribution >= 4 is 27.0 Å². The molecule has 1 aromatic rings. The number of carbonyl (C=O) groups excluding carboxylic acids is 1. The molecule has 1 aliphatic rings. The molecular weight excluding hydrogens is 316 g/mol. The van der Waals surface area contributed by atoms with E-state index in [1.807, 2.05) is 13.8 Å². The molecule has 0 fully saturated rings. The van der Waals surface area contributed by atoms with Gasteiger partial charge in [0.2, 0.25) is 5.91 Å². The van der Waals surface area contributed by atoms with E-state index in [2.05, 4.69) is 10.5 Å². The molecular formula is C16H20N2O4S. The minimum Gasteiger partial charge on any atom is -0.497 e. The molecule has 7 heteroatoms. The van der Waals surface area contributed by atoms with Crippen LogP contribution in [-0.2, 0) is 14.6 Å². The van der Waals surface area contributed by atoms with Gasteiger partial charge in [-0.05, 0) is 42.3 Å². The number of methoxy groups -OCH3 is 1. The molecule has 0 saturated heterocycles. The lowest BCUT2D eigenvalue weighted by molar-refractivity contribution is -0.121. The lowest BCUT2D eigenvalue weighted by Gasteiger charge is -2.17. The van der Waals surface area contributed by atoms with E-state index < -0.39 is 9.84 Å². The Morgan fingerprint density at radius 2 is 2.13 bits per heavy atom. The Morgan fingerprint density at radius 1 is 1.43 bits per heavy atom. The Morgan fingerprint density at radius 3 is 2.70 bits per heavy atom. The molecule has 1 heterocycles. The third-order valence-electron chi connectivity index (χ3n) is 3.68.